The smallest absolute Gasteiger partial charge is 0.152 e. The third kappa shape index (κ3) is 2.82. The van der Waals surface area contributed by atoms with Crippen LogP contribution < -0.4 is 16.1 Å². The molecule has 3 heterocycles. The maximum Gasteiger partial charge on any atom is 0.152 e. The van der Waals surface area contributed by atoms with E-state index < -0.39 is 5.67 Å². The summed E-state index contributed by atoms with van der Waals surface area (Å²) in [5.41, 5.74) is 6.84. The van der Waals surface area contributed by atoms with Crippen LogP contribution in [-0.2, 0) is 6.54 Å². The van der Waals surface area contributed by atoms with E-state index in [-0.39, 0.29) is 6.54 Å². The molecule has 2 aromatic rings. The molecule has 1 aromatic heterocycles. The minimum Gasteiger partial charge on any atom is -0.365 e. The molecule has 24 heavy (non-hydrogen) atoms. The summed E-state index contributed by atoms with van der Waals surface area (Å²) in [7, 11) is 0. The molecule has 0 bridgehead atoms. The Morgan fingerprint density at radius 3 is 2.96 bits per heavy atom. The van der Waals surface area contributed by atoms with Crippen molar-refractivity contribution in [2.75, 3.05) is 25.0 Å². The van der Waals surface area contributed by atoms with Crippen LogP contribution in [-0.4, -0.2) is 41.0 Å². The van der Waals surface area contributed by atoms with E-state index in [4.69, 9.17) is 0 Å². The van der Waals surface area contributed by atoms with Gasteiger partial charge >= 0.3 is 0 Å². The van der Waals surface area contributed by atoms with Crippen LogP contribution in [0.3, 0.4) is 0 Å². The number of nitrogens with zero attached hydrogens (tertiary/aromatic N) is 3. The van der Waals surface area contributed by atoms with Crippen molar-refractivity contribution < 1.29 is 4.39 Å². The molecule has 2 aliphatic heterocycles. The maximum absolute atomic E-state index is 14.1. The van der Waals surface area contributed by atoms with Gasteiger partial charge in [0.25, 0.3) is 0 Å². The summed E-state index contributed by atoms with van der Waals surface area (Å²) in [5, 5.41) is 10.3. The van der Waals surface area contributed by atoms with E-state index in [1.165, 1.54) is 5.56 Å². The molecule has 0 aliphatic carbocycles. The summed E-state index contributed by atoms with van der Waals surface area (Å²) < 4.78 is 14.1. The van der Waals surface area contributed by atoms with Crippen molar-refractivity contribution in [2.24, 2.45) is 5.10 Å². The standard InChI is InChI=1S/C17H19FN6/c1-11-14-4-12(2-3-13(14)5-22-24-11)15-6-19-7-16(23-15)21-10-17(18)8-20-9-17/h2-4,6-7,20,22H,5,8-10H2,1H3,(H,21,23). The normalized spacial score (nSPS) is 18.0. The van der Waals surface area contributed by atoms with Crippen LogP contribution in [0.15, 0.2) is 35.7 Å². The number of fused-ring (bicyclic) bond motifs is 1. The lowest BCUT2D eigenvalue weighted by Gasteiger charge is -2.35. The highest BCUT2D eigenvalue weighted by atomic mass is 19.1. The number of anilines is 1. The maximum atomic E-state index is 14.1. The molecule has 1 saturated heterocycles. The van der Waals surface area contributed by atoms with Gasteiger partial charge in [-0.1, -0.05) is 12.1 Å². The molecular formula is C17H19FN6. The van der Waals surface area contributed by atoms with Crippen LogP contribution >= 0.6 is 0 Å². The average Bonchev–Trinajstić information content (AvgIpc) is 2.59. The predicted octanol–water partition coefficient (Wildman–Crippen LogP) is 1.69. The van der Waals surface area contributed by atoms with Crippen LogP contribution in [0.4, 0.5) is 10.2 Å². The molecule has 4 rings (SSSR count). The van der Waals surface area contributed by atoms with Gasteiger partial charge in [-0.15, -0.1) is 0 Å². The Labute approximate surface area is 139 Å². The molecule has 6 nitrogen and oxygen atoms in total. The minimum atomic E-state index is -1.19. The van der Waals surface area contributed by atoms with E-state index in [9.17, 15) is 4.39 Å². The number of hydrogen-bond acceptors (Lipinski definition) is 6. The second-order valence-corrected chi connectivity index (χ2v) is 6.30. The summed E-state index contributed by atoms with van der Waals surface area (Å²) in [4.78, 5) is 8.79. The monoisotopic (exact) mass is 326 g/mol. The molecular weight excluding hydrogens is 307 g/mol. The number of aromatic nitrogens is 2. The van der Waals surface area contributed by atoms with Crippen molar-refractivity contribution in [1.29, 1.82) is 0 Å². The van der Waals surface area contributed by atoms with Gasteiger partial charge < -0.3 is 16.1 Å². The summed E-state index contributed by atoms with van der Waals surface area (Å²) in [6, 6.07) is 6.18. The van der Waals surface area contributed by atoms with E-state index in [1.54, 1.807) is 12.4 Å². The Morgan fingerprint density at radius 1 is 1.29 bits per heavy atom. The van der Waals surface area contributed by atoms with Crippen molar-refractivity contribution >= 4 is 11.5 Å². The second kappa shape index (κ2) is 5.83. The molecule has 0 spiro atoms. The fourth-order valence-corrected chi connectivity index (χ4v) is 2.89. The first-order chi connectivity index (χ1) is 11.6. The minimum absolute atomic E-state index is 0.236. The van der Waals surface area contributed by atoms with Gasteiger partial charge in [0.05, 0.1) is 36.9 Å². The number of rotatable bonds is 4. The highest BCUT2D eigenvalue weighted by Gasteiger charge is 2.36. The van der Waals surface area contributed by atoms with E-state index in [2.05, 4.69) is 43.3 Å². The fourth-order valence-electron chi connectivity index (χ4n) is 2.89. The van der Waals surface area contributed by atoms with Crippen LogP contribution in [0.2, 0.25) is 0 Å². The molecule has 0 saturated carbocycles. The largest absolute Gasteiger partial charge is 0.365 e. The number of hydrazone groups is 1. The van der Waals surface area contributed by atoms with Gasteiger partial charge in [-0.05, 0) is 18.6 Å². The average molecular weight is 326 g/mol. The number of nitrogens with one attached hydrogen (secondary N) is 3. The molecule has 0 unspecified atom stereocenters. The van der Waals surface area contributed by atoms with Gasteiger partial charge in [0.15, 0.2) is 5.67 Å². The first kappa shape index (κ1) is 15.0. The zero-order valence-corrected chi connectivity index (χ0v) is 13.4. The number of alkyl halides is 1. The molecule has 2 aliphatic rings. The van der Waals surface area contributed by atoms with Crippen molar-refractivity contribution in [3.05, 3.63) is 41.7 Å². The molecule has 0 atom stereocenters. The lowest BCUT2D eigenvalue weighted by atomic mass is 9.98. The molecule has 7 heteroatoms. The highest BCUT2D eigenvalue weighted by molar-refractivity contribution is 6.01. The number of halogens is 1. The van der Waals surface area contributed by atoms with Gasteiger partial charge in [-0.3, -0.25) is 4.98 Å². The zero-order chi connectivity index (χ0) is 16.6. The SMILES string of the molecule is CC1=NNCc2ccc(-c3cncc(NCC4(F)CNC4)n3)cc21. The van der Waals surface area contributed by atoms with Gasteiger partial charge in [-0.25, -0.2) is 9.37 Å². The van der Waals surface area contributed by atoms with Gasteiger partial charge in [0.1, 0.15) is 5.82 Å². The lowest BCUT2D eigenvalue weighted by molar-refractivity contribution is 0.106. The highest BCUT2D eigenvalue weighted by Crippen LogP contribution is 2.24. The van der Waals surface area contributed by atoms with Gasteiger partial charge in [0, 0.05) is 24.2 Å². The topological polar surface area (TPSA) is 74.2 Å². The van der Waals surface area contributed by atoms with Crippen molar-refractivity contribution in [1.82, 2.24) is 20.7 Å². The molecule has 3 N–H and O–H groups in total. The first-order valence-electron chi connectivity index (χ1n) is 7.99. The lowest BCUT2D eigenvalue weighted by Crippen LogP contribution is -2.59. The summed E-state index contributed by atoms with van der Waals surface area (Å²) in [6.45, 7) is 3.70. The Kier molecular flexibility index (Phi) is 3.65. The van der Waals surface area contributed by atoms with Crippen LogP contribution in [0.25, 0.3) is 11.3 Å². The first-order valence-corrected chi connectivity index (χ1v) is 7.99. The Hall–Kier alpha value is -2.54. The predicted molar refractivity (Wildman–Crippen MR) is 91.7 cm³/mol. The Bertz CT molecular complexity index is 799. The van der Waals surface area contributed by atoms with Gasteiger partial charge in [0.2, 0.25) is 0 Å². The van der Waals surface area contributed by atoms with E-state index in [0.29, 0.717) is 18.9 Å². The summed E-state index contributed by atoms with van der Waals surface area (Å²) in [5.74, 6) is 0.584. The van der Waals surface area contributed by atoms with Crippen molar-refractivity contribution in [2.45, 2.75) is 19.1 Å². The van der Waals surface area contributed by atoms with Crippen LogP contribution in [0.1, 0.15) is 18.1 Å². The van der Waals surface area contributed by atoms with Crippen LogP contribution in [0.5, 0.6) is 0 Å². The van der Waals surface area contributed by atoms with Crippen LogP contribution in [0, 0.1) is 0 Å². The zero-order valence-electron chi connectivity index (χ0n) is 13.4. The summed E-state index contributed by atoms with van der Waals surface area (Å²) in [6.07, 6.45) is 3.34. The molecule has 124 valence electrons. The second-order valence-electron chi connectivity index (χ2n) is 6.30. The number of hydrogen-bond donors (Lipinski definition) is 3. The Balaban J connectivity index is 1.57. The Morgan fingerprint density at radius 2 is 2.17 bits per heavy atom. The molecule has 0 radical (unpaired) electrons. The van der Waals surface area contributed by atoms with Gasteiger partial charge in [-0.2, -0.15) is 5.10 Å². The van der Waals surface area contributed by atoms with E-state index >= 15 is 0 Å². The van der Waals surface area contributed by atoms with E-state index in [1.807, 2.05) is 13.0 Å². The summed E-state index contributed by atoms with van der Waals surface area (Å²) >= 11 is 0. The van der Waals surface area contributed by atoms with Crippen molar-refractivity contribution in [3.63, 3.8) is 0 Å². The van der Waals surface area contributed by atoms with Crippen molar-refractivity contribution in [3.8, 4) is 11.3 Å². The molecule has 1 aromatic carbocycles. The molecule has 0 amide bonds. The third-order valence-corrected chi connectivity index (χ3v) is 4.42. The quantitative estimate of drug-likeness (QED) is 0.797. The fraction of sp³-hybridized carbons (Fsp3) is 0.353. The molecule has 1 fully saturated rings. The number of benzene rings is 1. The third-order valence-electron chi connectivity index (χ3n) is 4.42. The van der Waals surface area contributed by atoms with E-state index in [0.717, 1.165) is 29.1 Å².